The van der Waals surface area contributed by atoms with E-state index in [9.17, 15) is 0 Å². The Kier molecular flexibility index (Phi) is 8.13. The summed E-state index contributed by atoms with van der Waals surface area (Å²) in [6.07, 6.45) is 0. The number of nitrogens with zero attached hydrogens (tertiary/aromatic N) is 1. The zero-order valence-electron chi connectivity index (χ0n) is 34.8. The van der Waals surface area contributed by atoms with E-state index in [2.05, 4.69) is 235 Å². The molecule has 0 aromatic heterocycles. The average molecular weight is 818 g/mol. The van der Waals surface area contributed by atoms with E-state index in [0.29, 0.717) is 17.2 Å². The van der Waals surface area contributed by atoms with Crippen LogP contribution >= 0.6 is 0 Å². The standard InChI is InChI=1S/C61H39NO2/c1-4-17-40(18-5-1)42-31-34-45(35-32-42)62(54-37-33-44(41-19-6-2-7-20-41)39-49(54)43-21-8-3-9-22-43)55-29-16-30-56-59(55)63-57-38-36-53-58(60(57)64-56)48-25-12-15-28-52(48)61(53)50-26-13-10-23-46(50)47-24-11-14-27-51(47)61/h1-39H. The van der Waals surface area contributed by atoms with Crippen molar-refractivity contribution in [2.75, 3.05) is 4.90 Å². The number of fused-ring (bicyclic) bond motifs is 13. The lowest BCUT2D eigenvalue weighted by atomic mass is 9.70. The number of ether oxygens (including phenoxy) is 2. The maximum absolute atomic E-state index is 7.24. The van der Waals surface area contributed by atoms with Crippen molar-refractivity contribution < 1.29 is 9.47 Å². The summed E-state index contributed by atoms with van der Waals surface area (Å²) in [5, 5.41) is 0. The van der Waals surface area contributed by atoms with Crippen LogP contribution in [0.5, 0.6) is 23.0 Å². The molecule has 2 aliphatic carbocycles. The largest absolute Gasteiger partial charge is 0.449 e. The molecule has 0 saturated heterocycles. The number of hydrogen-bond donors (Lipinski definition) is 0. The van der Waals surface area contributed by atoms with Crippen molar-refractivity contribution in [2.24, 2.45) is 0 Å². The molecule has 3 heteroatoms. The molecule has 64 heavy (non-hydrogen) atoms. The molecule has 300 valence electrons. The maximum atomic E-state index is 7.24. The van der Waals surface area contributed by atoms with Crippen LogP contribution in [0.15, 0.2) is 237 Å². The molecule has 0 unspecified atom stereocenters. The van der Waals surface area contributed by atoms with Gasteiger partial charge in [0, 0.05) is 16.8 Å². The van der Waals surface area contributed by atoms with Crippen LogP contribution in [-0.2, 0) is 5.41 Å². The molecule has 0 amide bonds. The first-order chi connectivity index (χ1) is 31.8. The number of benzene rings is 10. The van der Waals surface area contributed by atoms with Gasteiger partial charge >= 0.3 is 0 Å². The van der Waals surface area contributed by atoms with Gasteiger partial charge < -0.3 is 14.4 Å². The highest BCUT2D eigenvalue weighted by Gasteiger charge is 2.53. The van der Waals surface area contributed by atoms with Gasteiger partial charge in [-0.1, -0.05) is 194 Å². The van der Waals surface area contributed by atoms with Gasteiger partial charge in [-0.3, -0.25) is 0 Å². The second-order valence-corrected chi connectivity index (χ2v) is 16.7. The lowest BCUT2D eigenvalue weighted by Crippen LogP contribution is -2.25. The van der Waals surface area contributed by atoms with E-state index in [1.165, 1.54) is 38.9 Å². The number of anilines is 3. The van der Waals surface area contributed by atoms with E-state index in [-0.39, 0.29) is 0 Å². The van der Waals surface area contributed by atoms with E-state index < -0.39 is 5.41 Å². The van der Waals surface area contributed by atoms with Crippen LogP contribution in [0, 0.1) is 0 Å². The third-order valence-electron chi connectivity index (χ3n) is 13.4. The van der Waals surface area contributed by atoms with E-state index >= 15 is 0 Å². The topological polar surface area (TPSA) is 21.7 Å². The van der Waals surface area contributed by atoms with Gasteiger partial charge in [0.1, 0.15) is 0 Å². The fourth-order valence-electron chi connectivity index (χ4n) is 10.6. The van der Waals surface area contributed by atoms with Gasteiger partial charge in [-0.15, -0.1) is 0 Å². The molecule has 0 radical (unpaired) electrons. The zero-order valence-corrected chi connectivity index (χ0v) is 34.8. The minimum atomic E-state index is -0.484. The first-order valence-corrected chi connectivity index (χ1v) is 21.9. The van der Waals surface area contributed by atoms with Crippen molar-refractivity contribution in [3.05, 3.63) is 259 Å². The highest BCUT2D eigenvalue weighted by atomic mass is 16.6. The predicted octanol–water partition coefficient (Wildman–Crippen LogP) is 16.4. The van der Waals surface area contributed by atoms with Crippen LogP contribution in [0.4, 0.5) is 17.1 Å². The molecule has 13 rings (SSSR count). The number of rotatable bonds is 6. The summed E-state index contributed by atoms with van der Waals surface area (Å²) in [6.45, 7) is 0. The minimum absolute atomic E-state index is 0.484. The molecule has 1 spiro atoms. The van der Waals surface area contributed by atoms with E-state index in [0.717, 1.165) is 61.8 Å². The van der Waals surface area contributed by atoms with Gasteiger partial charge in [-0.25, -0.2) is 0 Å². The van der Waals surface area contributed by atoms with E-state index in [1.54, 1.807) is 0 Å². The van der Waals surface area contributed by atoms with Gasteiger partial charge in [0.25, 0.3) is 0 Å². The van der Waals surface area contributed by atoms with Crippen molar-refractivity contribution >= 4 is 17.1 Å². The first kappa shape index (κ1) is 36.3. The molecule has 1 heterocycles. The second-order valence-electron chi connectivity index (χ2n) is 16.7. The number of hydrogen-bond acceptors (Lipinski definition) is 3. The molecule has 0 bridgehead atoms. The van der Waals surface area contributed by atoms with Crippen molar-refractivity contribution in [1.82, 2.24) is 0 Å². The molecule has 3 nitrogen and oxygen atoms in total. The molecule has 1 aliphatic heterocycles. The van der Waals surface area contributed by atoms with Crippen molar-refractivity contribution in [2.45, 2.75) is 5.41 Å². The van der Waals surface area contributed by atoms with Crippen LogP contribution in [0.3, 0.4) is 0 Å². The van der Waals surface area contributed by atoms with Crippen molar-refractivity contribution in [1.29, 1.82) is 0 Å². The Bertz CT molecular complexity index is 3390. The first-order valence-electron chi connectivity index (χ1n) is 21.9. The van der Waals surface area contributed by atoms with Gasteiger partial charge in [0.15, 0.2) is 23.0 Å². The Hall–Kier alpha value is -8.40. The maximum Gasteiger partial charge on any atom is 0.194 e. The molecule has 10 aromatic rings. The Morgan fingerprint density at radius 2 is 0.797 bits per heavy atom. The predicted molar refractivity (Wildman–Crippen MR) is 260 cm³/mol. The Labute approximate surface area is 372 Å². The Morgan fingerprint density at radius 3 is 1.45 bits per heavy atom. The second kappa shape index (κ2) is 14.3. The van der Waals surface area contributed by atoms with E-state index in [1.807, 2.05) is 6.07 Å². The highest BCUT2D eigenvalue weighted by molar-refractivity contribution is 5.99. The molecule has 0 saturated carbocycles. The summed E-state index contributed by atoms with van der Waals surface area (Å²) in [7, 11) is 0. The van der Waals surface area contributed by atoms with Crippen LogP contribution in [-0.4, -0.2) is 0 Å². The number of para-hydroxylation sites is 1. The van der Waals surface area contributed by atoms with Gasteiger partial charge in [-0.05, 0) is 109 Å². The van der Waals surface area contributed by atoms with Crippen LogP contribution in [0.25, 0.3) is 55.6 Å². The van der Waals surface area contributed by atoms with Gasteiger partial charge in [0.2, 0.25) is 0 Å². The highest BCUT2D eigenvalue weighted by Crippen LogP contribution is 2.67. The van der Waals surface area contributed by atoms with Crippen LogP contribution in [0.2, 0.25) is 0 Å². The zero-order chi connectivity index (χ0) is 42.2. The van der Waals surface area contributed by atoms with Crippen LogP contribution in [0.1, 0.15) is 22.3 Å². The molecular weight excluding hydrogens is 779 g/mol. The molecule has 10 aromatic carbocycles. The summed E-state index contributed by atoms with van der Waals surface area (Å²) < 4.78 is 14.5. The van der Waals surface area contributed by atoms with E-state index in [4.69, 9.17) is 9.47 Å². The molecule has 0 fully saturated rings. The summed E-state index contributed by atoms with van der Waals surface area (Å²) in [4.78, 5) is 2.32. The molecule has 3 aliphatic rings. The Balaban J connectivity index is 0.998. The monoisotopic (exact) mass is 817 g/mol. The normalized spacial score (nSPS) is 13.1. The molecule has 0 N–H and O–H groups in total. The third kappa shape index (κ3) is 5.34. The van der Waals surface area contributed by atoms with Crippen molar-refractivity contribution in [3.63, 3.8) is 0 Å². The smallest absolute Gasteiger partial charge is 0.194 e. The fraction of sp³-hybridized carbons (Fsp3) is 0.0164. The summed E-state index contributed by atoms with van der Waals surface area (Å²) in [5.74, 6) is 2.75. The minimum Gasteiger partial charge on any atom is -0.449 e. The fourth-order valence-corrected chi connectivity index (χ4v) is 10.6. The lowest BCUT2D eigenvalue weighted by Gasteiger charge is -2.33. The Morgan fingerprint density at radius 1 is 0.297 bits per heavy atom. The molecule has 0 atom stereocenters. The van der Waals surface area contributed by atoms with Crippen LogP contribution < -0.4 is 14.4 Å². The average Bonchev–Trinajstić information content (AvgIpc) is 3.85. The quantitative estimate of drug-likeness (QED) is 0.167. The molecular formula is C61H39NO2. The summed E-state index contributed by atoms with van der Waals surface area (Å²) in [5.41, 5.74) is 19.1. The summed E-state index contributed by atoms with van der Waals surface area (Å²) >= 11 is 0. The van der Waals surface area contributed by atoms with Crippen molar-refractivity contribution in [3.8, 4) is 78.6 Å². The SMILES string of the molecule is c1ccc(-c2ccc(N(c3ccc(-c4ccccc4)cc3-c3ccccc3)c3cccc4c3Oc3ccc5c(c3O4)-c3ccccc3C53c4ccccc4-c4ccccc43)cc2)cc1. The lowest BCUT2D eigenvalue weighted by molar-refractivity contribution is 0.361. The van der Waals surface area contributed by atoms with Gasteiger partial charge in [0.05, 0.1) is 16.8 Å². The van der Waals surface area contributed by atoms with Gasteiger partial charge in [-0.2, -0.15) is 0 Å². The summed E-state index contributed by atoms with van der Waals surface area (Å²) in [6, 6.07) is 84.6. The third-order valence-corrected chi connectivity index (χ3v) is 13.4.